The van der Waals surface area contributed by atoms with Crippen molar-refractivity contribution in [3.8, 4) is 16.8 Å². The van der Waals surface area contributed by atoms with Crippen molar-refractivity contribution in [1.82, 2.24) is 9.13 Å². The second-order valence-electron chi connectivity index (χ2n) is 16.0. The molecule has 3 heterocycles. The molecule has 3 heteroatoms. The van der Waals surface area contributed by atoms with Crippen LogP contribution in [0.5, 0.6) is 0 Å². The molecule has 0 amide bonds. The maximum absolute atomic E-state index is 5.56. The first-order valence-corrected chi connectivity index (χ1v) is 19.5. The first-order valence-electron chi connectivity index (χ1n) is 19.5. The molecule has 1 unspecified atom stereocenters. The van der Waals surface area contributed by atoms with E-state index >= 15 is 0 Å². The number of aliphatic imine (C=N–C) groups is 1. The lowest BCUT2D eigenvalue weighted by molar-refractivity contribution is 0.659. The van der Waals surface area contributed by atoms with Crippen molar-refractivity contribution in [3.63, 3.8) is 0 Å². The molecule has 56 heavy (non-hydrogen) atoms. The minimum atomic E-state index is -0.106. The summed E-state index contributed by atoms with van der Waals surface area (Å²) in [6.07, 6.45) is 0. The van der Waals surface area contributed by atoms with E-state index in [9.17, 15) is 0 Å². The van der Waals surface area contributed by atoms with Gasteiger partial charge in [-0.2, -0.15) is 0 Å². The topological polar surface area (TPSA) is 22.2 Å². The van der Waals surface area contributed by atoms with E-state index < -0.39 is 0 Å². The molecule has 0 fully saturated rings. The fourth-order valence-electron chi connectivity index (χ4n) is 10.3. The van der Waals surface area contributed by atoms with Crippen molar-refractivity contribution in [3.05, 3.63) is 204 Å². The van der Waals surface area contributed by atoms with Gasteiger partial charge in [0.1, 0.15) is 5.84 Å². The van der Waals surface area contributed by atoms with Gasteiger partial charge < -0.3 is 4.57 Å². The van der Waals surface area contributed by atoms with Gasteiger partial charge in [0.15, 0.2) is 0 Å². The number of allylic oxidation sites excluding steroid dienone is 1. The monoisotopic (exact) mass is 715 g/mol. The molecule has 0 N–H and O–H groups in total. The lowest BCUT2D eigenvalue weighted by Crippen LogP contribution is -2.23. The molecule has 1 aliphatic carbocycles. The van der Waals surface area contributed by atoms with Gasteiger partial charge >= 0.3 is 0 Å². The van der Waals surface area contributed by atoms with Crippen molar-refractivity contribution in [2.75, 3.05) is 0 Å². The molecular formula is C53H37N3. The number of fused-ring (bicyclic) bond motifs is 12. The van der Waals surface area contributed by atoms with E-state index in [-0.39, 0.29) is 11.3 Å². The van der Waals surface area contributed by atoms with Gasteiger partial charge in [-0.25, -0.2) is 4.99 Å². The van der Waals surface area contributed by atoms with Crippen LogP contribution in [0.2, 0.25) is 0 Å². The molecule has 1 atom stereocenters. The predicted molar refractivity (Wildman–Crippen MR) is 235 cm³/mol. The Morgan fingerprint density at radius 1 is 0.518 bits per heavy atom. The van der Waals surface area contributed by atoms with Crippen LogP contribution in [0.1, 0.15) is 42.0 Å². The summed E-state index contributed by atoms with van der Waals surface area (Å²) in [5.41, 5.74) is 15.5. The Labute approximate surface area is 325 Å². The number of benzene rings is 8. The van der Waals surface area contributed by atoms with Crippen molar-refractivity contribution in [2.45, 2.75) is 25.2 Å². The number of hydrogen-bond donors (Lipinski definition) is 0. The maximum atomic E-state index is 5.56. The van der Waals surface area contributed by atoms with Gasteiger partial charge in [-0.05, 0) is 80.6 Å². The third kappa shape index (κ3) is 4.09. The van der Waals surface area contributed by atoms with Gasteiger partial charge in [-0.3, -0.25) is 4.57 Å². The zero-order chi connectivity index (χ0) is 37.3. The van der Waals surface area contributed by atoms with Gasteiger partial charge in [0.25, 0.3) is 0 Å². The molecule has 10 aromatic rings. The fraction of sp³-hybridized carbons (Fsp3) is 0.0755. The summed E-state index contributed by atoms with van der Waals surface area (Å²) in [6.45, 7) is 9.71. The molecule has 8 aromatic carbocycles. The molecule has 3 nitrogen and oxygen atoms in total. The predicted octanol–water partition coefficient (Wildman–Crippen LogP) is 13.6. The molecule has 1 aliphatic heterocycles. The van der Waals surface area contributed by atoms with E-state index in [0.717, 1.165) is 33.8 Å². The van der Waals surface area contributed by atoms with Crippen LogP contribution in [0.3, 0.4) is 0 Å². The molecule has 12 rings (SSSR count). The van der Waals surface area contributed by atoms with Crippen LogP contribution >= 0.6 is 0 Å². The quantitative estimate of drug-likeness (QED) is 0.170. The number of hydrogen-bond acceptors (Lipinski definition) is 1. The molecule has 0 saturated carbocycles. The Morgan fingerprint density at radius 3 is 2.00 bits per heavy atom. The molecule has 0 saturated heterocycles. The SMILES string of the molecule is C=C1C(n2c3cc(-n4c5ccccc5c5ccccc54)ccc3c3c4ccccc4ccc32)=Nc2ccccc2C1c1cccc2c1-c1ccccc1C2(C)C. The van der Waals surface area contributed by atoms with Gasteiger partial charge in [0.05, 0.1) is 27.8 Å². The number of para-hydroxylation sites is 3. The van der Waals surface area contributed by atoms with Crippen molar-refractivity contribution in [1.29, 1.82) is 0 Å². The van der Waals surface area contributed by atoms with E-state index in [4.69, 9.17) is 11.6 Å². The smallest absolute Gasteiger partial charge is 0.141 e. The molecule has 0 spiro atoms. The highest BCUT2D eigenvalue weighted by molar-refractivity contribution is 6.26. The zero-order valence-corrected chi connectivity index (χ0v) is 31.3. The molecule has 264 valence electrons. The molecule has 2 aliphatic rings. The average molecular weight is 716 g/mol. The van der Waals surface area contributed by atoms with Crippen LogP contribution < -0.4 is 0 Å². The highest BCUT2D eigenvalue weighted by Gasteiger charge is 2.40. The van der Waals surface area contributed by atoms with Crippen LogP contribution in [0.15, 0.2) is 187 Å². The first-order chi connectivity index (χ1) is 27.5. The van der Waals surface area contributed by atoms with E-state index in [1.165, 1.54) is 76.7 Å². The third-order valence-electron chi connectivity index (χ3n) is 12.8. The molecule has 2 aromatic heterocycles. The molecular weight excluding hydrogens is 679 g/mol. The zero-order valence-electron chi connectivity index (χ0n) is 31.3. The van der Waals surface area contributed by atoms with Crippen LogP contribution in [0, 0.1) is 0 Å². The summed E-state index contributed by atoms with van der Waals surface area (Å²) in [5.74, 6) is 0.788. The van der Waals surface area contributed by atoms with E-state index in [1.54, 1.807) is 0 Å². The first kappa shape index (κ1) is 31.4. The minimum Gasteiger partial charge on any atom is -0.309 e. The Kier molecular flexibility index (Phi) is 6.32. The average Bonchev–Trinajstić information content (AvgIpc) is 3.84. The summed E-state index contributed by atoms with van der Waals surface area (Å²) in [4.78, 5) is 5.56. The summed E-state index contributed by atoms with van der Waals surface area (Å²) >= 11 is 0. The number of nitrogens with zero attached hydrogens (tertiary/aromatic N) is 3. The summed E-state index contributed by atoms with van der Waals surface area (Å²) in [6, 6.07) is 62.2. The normalized spacial score (nSPS) is 15.8. The largest absolute Gasteiger partial charge is 0.309 e. The molecule has 0 radical (unpaired) electrons. The van der Waals surface area contributed by atoms with Crippen molar-refractivity contribution >= 4 is 65.9 Å². The highest BCUT2D eigenvalue weighted by atomic mass is 15.1. The summed E-state index contributed by atoms with van der Waals surface area (Å²) in [7, 11) is 0. The fourth-order valence-corrected chi connectivity index (χ4v) is 10.3. The summed E-state index contributed by atoms with van der Waals surface area (Å²) in [5, 5.41) is 7.38. The second-order valence-corrected chi connectivity index (χ2v) is 16.0. The van der Waals surface area contributed by atoms with Crippen LogP contribution in [-0.4, -0.2) is 15.0 Å². The van der Waals surface area contributed by atoms with E-state index in [0.29, 0.717) is 0 Å². The van der Waals surface area contributed by atoms with Crippen molar-refractivity contribution < 1.29 is 0 Å². The van der Waals surface area contributed by atoms with Gasteiger partial charge in [-0.1, -0.05) is 154 Å². The van der Waals surface area contributed by atoms with Crippen LogP contribution in [0.4, 0.5) is 5.69 Å². The minimum absolute atomic E-state index is 0.0934. The number of aromatic nitrogens is 2. The van der Waals surface area contributed by atoms with Gasteiger partial charge in [0, 0.05) is 44.1 Å². The Hall–Kier alpha value is -6.97. The Balaban J connectivity index is 1.16. The highest BCUT2D eigenvalue weighted by Crippen LogP contribution is 2.54. The maximum Gasteiger partial charge on any atom is 0.141 e. The van der Waals surface area contributed by atoms with Crippen LogP contribution in [0.25, 0.3) is 71.2 Å². The Morgan fingerprint density at radius 2 is 1.18 bits per heavy atom. The van der Waals surface area contributed by atoms with Crippen molar-refractivity contribution in [2.24, 2.45) is 4.99 Å². The Bertz CT molecular complexity index is 3310. The van der Waals surface area contributed by atoms with E-state index in [1.807, 2.05) is 0 Å². The van der Waals surface area contributed by atoms with Crippen LogP contribution in [-0.2, 0) is 5.41 Å². The lowest BCUT2D eigenvalue weighted by atomic mass is 9.77. The summed E-state index contributed by atoms with van der Waals surface area (Å²) < 4.78 is 4.81. The third-order valence-corrected chi connectivity index (χ3v) is 12.8. The lowest BCUT2D eigenvalue weighted by Gasteiger charge is -2.30. The van der Waals surface area contributed by atoms with E-state index in [2.05, 4.69) is 193 Å². The number of rotatable bonds is 2. The van der Waals surface area contributed by atoms with Gasteiger partial charge in [0.2, 0.25) is 0 Å². The standard InChI is InChI=1S/C53H37N3/c1-32-49(41-21-14-23-43-50(41)38-19-6-10-22-42(38)53(43,2)3)39-20-7-11-24-44(39)54-52(32)56-47-30-27-33-15-4-5-16-35(33)51(47)40-29-28-34(31-48(40)56)55-45-25-12-8-17-36(45)37-18-9-13-26-46(37)55/h4-31,49H,1H2,2-3H3. The molecule has 0 bridgehead atoms. The second kappa shape index (κ2) is 11.3. The van der Waals surface area contributed by atoms with Gasteiger partial charge in [-0.15, -0.1) is 0 Å².